The number of hydrogen-bond donors (Lipinski definition) is 0. The number of ether oxygens (including phenoxy) is 1. The van der Waals surface area contributed by atoms with Gasteiger partial charge in [0.2, 0.25) is 0 Å². The first-order chi connectivity index (χ1) is 9.93. The van der Waals surface area contributed by atoms with Crippen LogP contribution in [0.2, 0.25) is 0 Å². The van der Waals surface area contributed by atoms with E-state index in [0.717, 1.165) is 9.35 Å². The zero-order chi connectivity index (χ0) is 15.6. The molecule has 0 saturated carbocycles. The van der Waals surface area contributed by atoms with Crippen molar-refractivity contribution in [2.45, 2.75) is 27.3 Å². The summed E-state index contributed by atoms with van der Waals surface area (Å²) in [6.45, 7) is 6.07. The third kappa shape index (κ3) is 3.44. The SMILES string of the molecule is CCOC(=O)c1c(C)cc(=O)n(Cc2cc(Br)cs2)c1C. The van der Waals surface area contributed by atoms with Gasteiger partial charge in [0.15, 0.2) is 0 Å². The maximum atomic E-state index is 12.2. The number of aromatic nitrogens is 1. The molecule has 0 unspecified atom stereocenters. The van der Waals surface area contributed by atoms with E-state index in [1.807, 2.05) is 11.4 Å². The molecule has 0 aromatic carbocycles. The summed E-state index contributed by atoms with van der Waals surface area (Å²) in [6.07, 6.45) is 0. The second-order valence-corrected chi connectivity index (χ2v) is 6.58. The molecule has 0 aliphatic heterocycles. The van der Waals surface area contributed by atoms with Gasteiger partial charge in [0.1, 0.15) is 0 Å². The van der Waals surface area contributed by atoms with Crippen LogP contribution in [0, 0.1) is 13.8 Å². The standard InChI is InChI=1S/C15H16BrNO3S/c1-4-20-15(19)14-9(2)5-13(18)17(10(14)3)7-12-6-11(16)8-21-12/h5-6,8H,4,7H2,1-3H3. The third-order valence-corrected chi connectivity index (χ3v) is 4.86. The van der Waals surface area contributed by atoms with Crippen molar-refractivity contribution in [3.63, 3.8) is 0 Å². The Balaban J connectivity index is 2.48. The highest BCUT2D eigenvalue weighted by Crippen LogP contribution is 2.21. The maximum Gasteiger partial charge on any atom is 0.340 e. The van der Waals surface area contributed by atoms with E-state index in [1.54, 1.807) is 36.7 Å². The topological polar surface area (TPSA) is 48.3 Å². The fraction of sp³-hybridized carbons (Fsp3) is 0.333. The normalized spacial score (nSPS) is 10.7. The molecule has 2 heterocycles. The van der Waals surface area contributed by atoms with Gasteiger partial charge in [-0.15, -0.1) is 11.3 Å². The van der Waals surface area contributed by atoms with Crippen molar-refractivity contribution in [2.75, 3.05) is 6.61 Å². The maximum absolute atomic E-state index is 12.2. The van der Waals surface area contributed by atoms with E-state index in [9.17, 15) is 9.59 Å². The van der Waals surface area contributed by atoms with Gasteiger partial charge in [-0.25, -0.2) is 4.79 Å². The Kier molecular flexibility index (Phi) is 5.00. The fourth-order valence-electron chi connectivity index (χ4n) is 2.22. The van der Waals surface area contributed by atoms with E-state index in [1.165, 1.54) is 6.07 Å². The molecular weight excluding hydrogens is 354 g/mol. The molecule has 0 fully saturated rings. The molecule has 0 aliphatic rings. The zero-order valence-corrected chi connectivity index (χ0v) is 14.5. The summed E-state index contributed by atoms with van der Waals surface area (Å²) < 4.78 is 7.68. The summed E-state index contributed by atoms with van der Waals surface area (Å²) in [7, 11) is 0. The molecule has 2 aromatic rings. The minimum Gasteiger partial charge on any atom is -0.462 e. The van der Waals surface area contributed by atoms with Crippen LogP contribution in [0.3, 0.4) is 0 Å². The summed E-state index contributed by atoms with van der Waals surface area (Å²) in [4.78, 5) is 25.3. The number of carbonyl (C=O) groups excluding carboxylic acids is 1. The molecule has 112 valence electrons. The highest BCUT2D eigenvalue weighted by atomic mass is 79.9. The van der Waals surface area contributed by atoms with Gasteiger partial charge in [-0.05, 0) is 48.3 Å². The lowest BCUT2D eigenvalue weighted by molar-refractivity contribution is 0.0523. The van der Waals surface area contributed by atoms with E-state index >= 15 is 0 Å². The van der Waals surface area contributed by atoms with Crippen molar-refractivity contribution in [2.24, 2.45) is 0 Å². The van der Waals surface area contributed by atoms with Gasteiger partial charge < -0.3 is 9.30 Å². The Bertz CT molecular complexity index is 733. The molecule has 2 rings (SSSR count). The fourth-order valence-corrected chi connectivity index (χ4v) is 3.66. The van der Waals surface area contributed by atoms with Crippen LogP contribution in [-0.4, -0.2) is 17.1 Å². The summed E-state index contributed by atoms with van der Waals surface area (Å²) >= 11 is 4.97. The summed E-state index contributed by atoms with van der Waals surface area (Å²) in [5.41, 5.74) is 1.66. The Hall–Kier alpha value is -1.40. The molecule has 0 amide bonds. The highest BCUT2D eigenvalue weighted by Gasteiger charge is 2.18. The predicted octanol–water partition coefficient (Wildman–Crippen LogP) is 3.51. The first kappa shape index (κ1) is 16.0. The summed E-state index contributed by atoms with van der Waals surface area (Å²) in [5, 5.41) is 1.97. The van der Waals surface area contributed by atoms with Crippen LogP contribution in [0.1, 0.15) is 33.4 Å². The van der Waals surface area contributed by atoms with Crippen LogP contribution >= 0.6 is 27.3 Å². The van der Waals surface area contributed by atoms with Crippen LogP contribution < -0.4 is 5.56 Å². The molecule has 21 heavy (non-hydrogen) atoms. The summed E-state index contributed by atoms with van der Waals surface area (Å²) in [5.74, 6) is -0.381. The number of carbonyl (C=O) groups is 1. The first-order valence-corrected chi connectivity index (χ1v) is 8.22. The van der Waals surface area contributed by atoms with Crippen LogP contribution in [0.15, 0.2) is 26.8 Å². The molecule has 0 aliphatic carbocycles. The monoisotopic (exact) mass is 369 g/mol. The molecule has 6 heteroatoms. The number of nitrogens with zero attached hydrogens (tertiary/aromatic N) is 1. The van der Waals surface area contributed by atoms with Crippen molar-refractivity contribution in [3.8, 4) is 0 Å². The number of aryl methyl sites for hydroxylation is 1. The van der Waals surface area contributed by atoms with E-state index in [4.69, 9.17) is 4.74 Å². The second kappa shape index (κ2) is 6.58. The molecule has 0 saturated heterocycles. The van der Waals surface area contributed by atoms with Crippen LogP contribution in [-0.2, 0) is 11.3 Å². The van der Waals surface area contributed by atoms with Crippen LogP contribution in [0.25, 0.3) is 0 Å². The van der Waals surface area contributed by atoms with Crippen LogP contribution in [0.4, 0.5) is 0 Å². The highest BCUT2D eigenvalue weighted by molar-refractivity contribution is 9.10. The lowest BCUT2D eigenvalue weighted by atomic mass is 10.1. The summed E-state index contributed by atoms with van der Waals surface area (Å²) in [6, 6.07) is 3.46. The number of thiophene rings is 1. The minimum atomic E-state index is -0.381. The minimum absolute atomic E-state index is 0.109. The van der Waals surface area contributed by atoms with Gasteiger partial charge in [-0.1, -0.05) is 0 Å². The van der Waals surface area contributed by atoms with Gasteiger partial charge in [-0.2, -0.15) is 0 Å². The lowest BCUT2D eigenvalue weighted by Gasteiger charge is -2.14. The molecule has 2 aromatic heterocycles. The lowest BCUT2D eigenvalue weighted by Crippen LogP contribution is -2.26. The van der Waals surface area contributed by atoms with Gasteiger partial charge in [0.25, 0.3) is 5.56 Å². The third-order valence-electron chi connectivity index (χ3n) is 3.18. The molecule has 0 atom stereocenters. The van der Waals surface area contributed by atoms with Gasteiger partial charge in [0.05, 0.1) is 18.7 Å². The quantitative estimate of drug-likeness (QED) is 0.774. The molecule has 0 radical (unpaired) electrons. The largest absolute Gasteiger partial charge is 0.462 e. The van der Waals surface area contributed by atoms with Crippen molar-refractivity contribution < 1.29 is 9.53 Å². The van der Waals surface area contributed by atoms with Crippen molar-refractivity contribution in [1.82, 2.24) is 4.57 Å². The number of pyridine rings is 1. The second-order valence-electron chi connectivity index (χ2n) is 4.66. The molecular formula is C15H16BrNO3S. The van der Waals surface area contributed by atoms with E-state index in [-0.39, 0.29) is 11.5 Å². The number of halogens is 1. The average Bonchev–Trinajstić information content (AvgIpc) is 2.80. The average molecular weight is 370 g/mol. The van der Waals surface area contributed by atoms with E-state index in [0.29, 0.717) is 30.0 Å². The van der Waals surface area contributed by atoms with Crippen molar-refractivity contribution in [1.29, 1.82) is 0 Å². The Labute approximate surface area is 135 Å². The first-order valence-electron chi connectivity index (χ1n) is 6.55. The predicted molar refractivity (Wildman–Crippen MR) is 87.3 cm³/mol. The molecule has 0 bridgehead atoms. The number of esters is 1. The van der Waals surface area contributed by atoms with Crippen molar-refractivity contribution >= 4 is 33.2 Å². The number of rotatable bonds is 4. The Morgan fingerprint density at radius 1 is 1.38 bits per heavy atom. The van der Waals surface area contributed by atoms with Gasteiger partial charge in [-0.3, -0.25) is 4.79 Å². The smallest absolute Gasteiger partial charge is 0.340 e. The molecule has 0 N–H and O–H groups in total. The molecule has 4 nitrogen and oxygen atoms in total. The van der Waals surface area contributed by atoms with Gasteiger partial charge >= 0.3 is 5.97 Å². The van der Waals surface area contributed by atoms with Crippen molar-refractivity contribution in [3.05, 3.63) is 54.0 Å². The van der Waals surface area contributed by atoms with E-state index in [2.05, 4.69) is 15.9 Å². The zero-order valence-electron chi connectivity index (χ0n) is 12.1. The van der Waals surface area contributed by atoms with Gasteiger partial charge in [0, 0.05) is 26.5 Å². The van der Waals surface area contributed by atoms with E-state index < -0.39 is 0 Å². The molecule has 0 spiro atoms. The Morgan fingerprint density at radius 2 is 2.10 bits per heavy atom. The van der Waals surface area contributed by atoms with Crippen LogP contribution in [0.5, 0.6) is 0 Å². The Morgan fingerprint density at radius 3 is 2.67 bits per heavy atom. The number of hydrogen-bond acceptors (Lipinski definition) is 4.